The summed E-state index contributed by atoms with van der Waals surface area (Å²) in [5, 5.41) is 5.29. The molecule has 0 atom stereocenters. The minimum atomic E-state index is -0.310. The van der Waals surface area contributed by atoms with Gasteiger partial charge in [0, 0.05) is 48.0 Å². The van der Waals surface area contributed by atoms with E-state index in [1.807, 2.05) is 43.7 Å². The smallest absolute Gasteiger partial charge is 0.308 e. The monoisotopic (exact) mass is 450 g/mol. The van der Waals surface area contributed by atoms with Crippen molar-refractivity contribution < 1.29 is 19.1 Å². The standard InChI is InChI=1S/C13H16N2O2.C12H14N2O2/c1-9(16)17-11-3-4-13-12(7-11)10(8-15-13)5-6-14-2;1-8(15)16-10-2-3-12-11(6-10)9(4-5-13)7-14-12/h3-4,7-8,14-15H,5-6H2,1-2H3;2-3,6-7,14H,4-5,13H2,1H3. The Labute approximate surface area is 192 Å². The van der Waals surface area contributed by atoms with Gasteiger partial charge in [-0.2, -0.15) is 0 Å². The van der Waals surface area contributed by atoms with Crippen LogP contribution in [0.1, 0.15) is 25.0 Å². The number of nitrogens with one attached hydrogen (secondary N) is 3. The number of likely N-dealkylation sites (N-methyl/N-ethyl adjacent to an activating group) is 1. The number of fused-ring (bicyclic) bond motifs is 2. The summed E-state index contributed by atoms with van der Waals surface area (Å²) in [5.74, 6) is 0.556. The second-order valence-corrected chi connectivity index (χ2v) is 7.62. The van der Waals surface area contributed by atoms with Gasteiger partial charge >= 0.3 is 11.9 Å². The maximum absolute atomic E-state index is 10.9. The van der Waals surface area contributed by atoms with Gasteiger partial charge in [0.1, 0.15) is 11.5 Å². The van der Waals surface area contributed by atoms with Gasteiger partial charge in [0.25, 0.3) is 0 Å². The SMILES string of the molecule is CC(=O)Oc1ccc2[nH]cc(CCN)c2c1.CNCCc1c[nH]c2ccc(OC(C)=O)cc12. The van der Waals surface area contributed by atoms with Crippen LogP contribution < -0.4 is 20.5 Å². The molecule has 0 aliphatic rings. The number of rotatable bonds is 7. The Bertz CT molecular complexity index is 1240. The minimum Gasteiger partial charge on any atom is -0.427 e. The van der Waals surface area contributed by atoms with E-state index in [1.165, 1.54) is 19.4 Å². The lowest BCUT2D eigenvalue weighted by molar-refractivity contribution is -0.132. The zero-order valence-corrected chi connectivity index (χ0v) is 19.2. The average Bonchev–Trinajstić information content (AvgIpc) is 3.36. The zero-order valence-electron chi connectivity index (χ0n) is 19.2. The van der Waals surface area contributed by atoms with E-state index in [0.29, 0.717) is 18.0 Å². The third-order valence-electron chi connectivity index (χ3n) is 5.06. The number of hydrogen-bond acceptors (Lipinski definition) is 6. The van der Waals surface area contributed by atoms with Crippen molar-refractivity contribution in [2.45, 2.75) is 26.7 Å². The highest BCUT2D eigenvalue weighted by atomic mass is 16.5. The summed E-state index contributed by atoms with van der Waals surface area (Å²) in [6.45, 7) is 4.32. The third-order valence-corrected chi connectivity index (χ3v) is 5.06. The van der Waals surface area contributed by atoms with Crippen LogP contribution in [0.2, 0.25) is 0 Å². The van der Waals surface area contributed by atoms with Crippen LogP contribution in [0.25, 0.3) is 21.8 Å². The van der Waals surface area contributed by atoms with Gasteiger partial charge in [-0.05, 0) is 80.5 Å². The van der Waals surface area contributed by atoms with Gasteiger partial charge in [0.2, 0.25) is 0 Å². The summed E-state index contributed by atoms with van der Waals surface area (Å²) in [6.07, 6.45) is 5.69. The van der Waals surface area contributed by atoms with E-state index in [9.17, 15) is 9.59 Å². The van der Waals surface area contributed by atoms with Gasteiger partial charge in [-0.3, -0.25) is 9.59 Å². The van der Waals surface area contributed by atoms with Gasteiger partial charge in [0.05, 0.1) is 0 Å². The van der Waals surface area contributed by atoms with Crippen LogP contribution in [0.15, 0.2) is 48.8 Å². The lowest BCUT2D eigenvalue weighted by Crippen LogP contribution is -2.09. The number of hydrogen-bond donors (Lipinski definition) is 4. The summed E-state index contributed by atoms with van der Waals surface area (Å²) in [7, 11) is 1.93. The Morgan fingerprint density at radius 2 is 1.33 bits per heavy atom. The van der Waals surface area contributed by atoms with E-state index >= 15 is 0 Å². The predicted molar refractivity (Wildman–Crippen MR) is 130 cm³/mol. The first-order valence-corrected chi connectivity index (χ1v) is 10.8. The van der Waals surface area contributed by atoms with Gasteiger partial charge in [-0.15, -0.1) is 0 Å². The minimum absolute atomic E-state index is 0.295. The third kappa shape index (κ3) is 6.44. The summed E-state index contributed by atoms with van der Waals surface area (Å²) >= 11 is 0. The molecule has 0 saturated carbocycles. The maximum Gasteiger partial charge on any atom is 0.308 e. The molecule has 0 saturated heterocycles. The number of nitrogens with two attached hydrogens (primary N) is 1. The first-order chi connectivity index (χ1) is 15.9. The Kier molecular flexibility index (Phi) is 8.23. The molecule has 8 nitrogen and oxygen atoms in total. The molecular formula is C25H30N4O4. The number of esters is 2. The highest BCUT2D eigenvalue weighted by molar-refractivity contribution is 5.86. The number of aromatic nitrogens is 2. The highest BCUT2D eigenvalue weighted by Gasteiger charge is 2.07. The lowest BCUT2D eigenvalue weighted by Gasteiger charge is -2.02. The molecule has 0 amide bonds. The number of H-pyrrole nitrogens is 2. The number of carbonyl (C=O) groups excluding carboxylic acids is 2. The molecule has 174 valence electrons. The van der Waals surface area contributed by atoms with Crippen LogP contribution in [-0.4, -0.2) is 42.0 Å². The topological polar surface area (TPSA) is 122 Å². The second kappa shape index (κ2) is 11.3. The largest absolute Gasteiger partial charge is 0.427 e. The Balaban J connectivity index is 0.000000186. The van der Waals surface area contributed by atoms with Crippen molar-refractivity contribution >= 4 is 33.7 Å². The normalized spacial score (nSPS) is 10.7. The first kappa shape index (κ1) is 24.0. The lowest BCUT2D eigenvalue weighted by atomic mass is 10.1. The van der Waals surface area contributed by atoms with Crippen LogP contribution in [0.4, 0.5) is 0 Å². The molecule has 0 unspecified atom stereocenters. The molecule has 2 aromatic heterocycles. The molecule has 0 aliphatic carbocycles. The molecule has 0 bridgehead atoms. The van der Waals surface area contributed by atoms with E-state index in [2.05, 4.69) is 15.3 Å². The van der Waals surface area contributed by atoms with Gasteiger partial charge in [-0.25, -0.2) is 0 Å². The van der Waals surface area contributed by atoms with Crippen LogP contribution >= 0.6 is 0 Å². The summed E-state index contributed by atoms with van der Waals surface area (Å²) in [4.78, 5) is 28.1. The fraction of sp³-hybridized carbons (Fsp3) is 0.280. The molecule has 0 radical (unpaired) electrons. The van der Waals surface area contributed by atoms with Crippen molar-refractivity contribution in [2.75, 3.05) is 20.1 Å². The highest BCUT2D eigenvalue weighted by Crippen LogP contribution is 2.25. The van der Waals surface area contributed by atoms with Gasteiger partial charge < -0.3 is 30.5 Å². The van der Waals surface area contributed by atoms with Gasteiger partial charge in [-0.1, -0.05) is 0 Å². The number of aromatic amines is 2. The molecule has 8 heteroatoms. The zero-order chi connectivity index (χ0) is 23.8. The van der Waals surface area contributed by atoms with E-state index in [4.69, 9.17) is 15.2 Å². The molecule has 0 spiro atoms. The average molecular weight is 451 g/mol. The Morgan fingerprint density at radius 3 is 1.76 bits per heavy atom. The Morgan fingerprint density at radius 1 is 0.848 bits per heavy atom. The quantitative estimate of drug-likeness (QED) is 0.253. The number of ether oxygens (including phenoxy) is 2. The van der Waals surface area contributed by atoms with Gasteiger partial charge in [0.15, 0.2) is 0 Å². The Hall–Kier alpha value is -3.62. The molecule has 4 aromatic rings. The van der Waals surface area contributed by atoms with E-state index < -0.39 is 0 Å². The summed E-state index contributed by atoms with van der Waals surface area (Å²) in [6, 6.07) is 11.1. The van der Waals surface area contributed by atoms with Crippen LogP contribution in [0.5, 0.6) is 11.5 Å². The molecule has 4 rings (SSSR count). The van der Waals surface area contributed by atoms with Crippen molar-refractivity contribution in [3.8, 4) is 11.5 Å². The molecule has 0 fully saturated rings. The van der Waals surface area contributed by atoms with Crippen molar-refractivity contribution in [1.29, 1.82) is 0 Å². The summed E-state index contributed by atoms with van der Waals surface area (Å²) in [5.41, 5.74) is 9.99. The predicted octanol–water partition coefficient (Wildman–Crippen LogP) is 3.45. The summed E-state index contributed by atoms with van der Waals surface area (Å²) < 4.78 is 10.1. The van der Waals surface area contributed by atoms with Crippen molar-refractivity contribution in [2.24, 2.45) is 5.73 Å². The van der Waals surface area contributed by atoms with Crippen molar-refractivity contribution in [1.82, 2.24) is 15.3 Å². The second-order valence-electron chi connectivity index (χ2n) is 7.62. The fourth-order valence-electron chi connectivity index (χ4n) is 3.60. The molecular weight excluding hydrogens is 420 g/mol. The fourth-order valence-corrected chi connectivity index (χ4v) is 3.60. The van der Waals surface area contributed by atoms with E-state index in [0.717, 1.165) is 46.8 Å². The molecule has 33 heavy (non-hydrogen) atoms. The molecule has 2 aromatic carbocycles. The van der Waals surface area contributed by atoms with Crippen LogP contribution in [0, 0.1) is 0 Å². The molecule has 2 heterocycles. The molecule has 5 N–H and O–H groups in total. The van der Waals surface area contributed by atoms with E-state index in [-0.39, 0.29) is 11.9 Å². The first-order valence-electron chi connectivity index (χ1n) is 10.8. The van der Waals surface area contributed by atoms with Crippen LogP contribution in [0.3, 0.4) is 0 Å². The number of benzene rings is 2. The maximum atomic E-state index is 10.9. The van der Waals surface area contributed by atoms with E-state index in [1.54, 1.807) is 12.1 Å². The molecule has 0 aliphatic heterocycles. The van der Waals surface area contributed by atoms with Crippen molar-refractivity contribution in [3.05, 3.63) is 59.9 Å². The van der Waals surface area contributed by atoms with Crippen molar-refractivity contribution in [3.63, 3.8) is 0 Å². The van der Waals surface area contributed by atoms with Crippen LogP contribution in [-0.2, 0) is 22.4 Å². The number of carbonyl (C=O) groups is 2.